The summed E-state index contributed by atoms with van der Waals surface area (Å²) < 4.78 is 40.1. The molecule has 0 fully saturated rings. The quantitative estimate of drug-likeness (QED) is 0.873. The number of fused-ring (bicyclic) bond motifs is 3. The lowest BCUT2D eigenvalue weighted by atomic mass is 10.0. The summed E-state index contributed by atoms with van der Waals surface area (Å²) >= 11 is 0. The van der Waals surface area contributed by atoms with E-state index in [4.69, 9.17) is 0 Å². The van der Waals surface area contributed by atoms with Crippen LogP contribution >= 0.6 is 0 Å². The summed E-state index contributed by atoms with van der Waals surface area (Å²) in [5.41, 5.74) is 1.47. The molecule has 1 aromatic carbocycles. The lowest BCUT2D eigenvalue weighted by Gasteiger charge is -2.26. The maximum absolute atomic E-state index is 13.4. The van der Waals surface area contributed by atoms with Gasteiger partial charge in [0.15, 0.2) is 0 Å². The highest BCUT2D eigenvalue weighted by molar-refractivity contribution is 5.79. The molecule has 22 heavy (non-hydrogen) atoms. The second-order valence-electron chi connectivity index (χ2n) is 5.55. The van der Waals surface area contributed by atoms with Crippen LogP contribution in [0.15, 0.2) is 24.4 Å². The Kier molecular flexibility index (Phi) is 3.44. The van der Waals surface area contributed by atoms with Crippen LogP contribution in [0.1, 0.15) is 13.8 Å². The molecule has 0 saturated heterocycles. The standard InChI is InChI=1S/C16H17F3N2O/c1-9-10(2)21(7-8-22)13-4-3-12-15(14(9)13)11(5-6-20-12)16(17,18)19/h3-6,10,20,22H,7-8H2,1-2H3. The topological polar surface area (TPSA) is 35.5 Å². The Morgan fingerprint density at radius 2 is 2.00 bits per heavy atom. The Morgan fingerprint density at radius 3 is 2.64 bits per heavy atom. The summed E-state index contributed by atoms with van der Waals surface area (Å²) in [5, 5.41) is 12.9. The minimum Gasteiger partial charge on any atom is -0.395 e. The molecule has 2 aliphatic rings. The second-order valence-corrected chi connectivity index (χ2v) is 5.55. The zero-order valence-corrected chi connectivity index (χ0v) is 12.3. The summed E-state index contributed by atoms with van der Waals surface area (Å²) in [7, 11) is 0. The molecule has 0 radical (unpaired) electrons. The SMILES string of the molecule is CC1=c2c(ccc3c2=C(C(F)(F)F)C=CN3)N(CCO)C1C. The molecule has 6 heteroatoms. The number of β-amino-alcohol motifs (C(OH)–C–C–N with tert-alkyl or cyclic N) is 1. The molecular weight excluding hydrogens is 293 g/mol. The van der Waals surface area contributed by atoms with E-state index in [9.17, 15) is 18.3 Å². The molecule has 0 aliphatic carbocycles. The molecule has 0 saturated carbocycles. The van der Waals surface area contributed by atoms with Gasteiger partial charge in [-0.2, -0.15) is 13.2 Å². The van der Waals surface area contributed by atoms with E-state index < -0.39 is 11.7 Å². The molecule has 0 bridgehead atoms. The number of rotatable bonds is 2. The highest BCUT2D eigenvalue weighted by Crippen LogP contribution is 2.30. The third kappa shape index (κ3) is 2.09. The van der Waals surface area contributed by atoms with Gasteiger partial charge in [-0.1, -0.05) is 0 Å². The van der Waals surface area contributed by atoms with Crippen LogP contribution in [-0.4, -0.2) is 30.5 Å². The highest BCUT2D eigenvalue weighted by Gasteiger charge is 2.36. The monoisotopic (exact) mass is 310 g/mol. The van der Waals surface area contributed by atoms with Crippen LogP contribution in [0.3, 0.4) is 0 Å². The fourth-order valence-electron chi connectivity index (χ4n) is 3.24. The zero-order chi connectivity index (χ0) is 16.1. The first kappa shape index (κ1) is 15.0. The summed E-state index contributed by atoms with van der Waals surface area (Å²) in [6.45, 7) is 4.15. The van der Waals surface area contributed by atoms with Crippen LogP contribution in [-0.2, 0) is 0 Å². The largest absolute Gasteiger partial charge is 0.417 e. The van der Waals surface area contributed by atoms with Crippen molar-refractivity contribution in [1.29, 1.82) is 0 Å². The molecule has 0 aromatic heterocycles. The average Bonchev–Trinajstić information content (AvgIpc) is 2.71. The van der Waals surface area contributed by atoms with E-state index in [-0.39, 0.29) is 17.9 Å². The number of anilines is 2. The van der Waals surface area contributed by atoms with E-state index in [2.05, 4.69) is 5.32 Å². The van der Waals surface area contributed by atoms with Crippen molar-refractivity contribution < 1.29 is 18.3 Å². The van der Waals surface area contributed by atoms with Crippen LogP contribution in [0.4, 0.5) is 24.5 Å². The molecule has 0 spiro atoms. The van der Waals surface area contributed by atoms with Gasteiger partial charge < -0.3 is 15.3 Å². The van der Waals surface area contributed by atoms with E-state index in [0.717, 1.165) is 17.3 Å². The summed E-state index contributed by atoms with van der Waals surface area (Å²) in [6, 6.07) is 3.45. The van der Waals surface area contributed by atoms with Gasteiger partial charge in [0.2, 0.25) is 0 Å². The number of hydrogen-bond acceptors (Lipinski definition) is 3. The number of halogens is 3. The molecular formula is C16H17F3N2O. The number of hydrogen-bond donors (Lipinski definition) is 2. The van der Waals surface area contributed by atoms with Gasteiger partial charge in [0.1, 0.15) is 0 Å². The van der Waals surface area contributed by atoms with Crippen LogP contribution in [0, 0.1) is 0 Å². The highest BCUT2D eigenvalue weighted by atomic mass is 19.4. The molecule has 2 heterocycles. The number of nitrogens with zero attached hydrogens (tertiary/aromatic N) is 1. The Labute approximate surface area is 126 Å². The summed E-state index contributed by atoms with van der Waals surface area (Å²) in [4.78, 5) is 1.94. The lowest BCUT2D eigenvalue weighted by molar-refractivity contribution is -0.0690. The molecule has 1 unspecified atom stereocenters. The molecule has 118 valence electrons. The Balaban J connectivity index is 2.42. The smallest absolute Gasteiger partial charge is 0.395 e. The van der Waals surface area contributed by atoms with Gasteiger partial charge in [-0.3, -0.25) is 0 Å². The molecule has 2 N–H and O–H groups in total. The molecule has 3 nitrogen and oxygen atoms in total. The number of alkyl halides is 3. The van der Waals surface area contributed by atoms with Gasteiger partial charge >= 0.3 is 6.18 Å². The third-order valence-corrected chi connectivity index (χ3v) is 4.39. The number of aliphatic hydroxyl groups excluding tert-OH is 1. The molecule has 3 rings (SSSR count). The van der Waals surface area contributed by atoms with Crippen molar-refractivity contribution >= 4 is 22.5 Å². The third-order valence-electron chi connectivity index (χ3n) is 4.39. The van der Waals surface area contributed by atoms with Gasteiger partial charge in [0.25, 0.3) is 0 Å². The Morgan fingerprint density at radius 1 is 1.27 bits per heavy atom. The van der Waals surface area contributed by atoms with E-state index in [1.54, 1.807) is 6.07 Å². The number of benzene rings is 1. The van der Waals surface area contributed by atoms with Crippen molar-refractivity contribution in [3.63, 3.8) is 0 Å². The fourth-order valence-corrected chi connectivity index (χ4v) is 3.24. The van der Waals surface area contributed by atoms with Crippen molar-refractivity contribution in [2.24, 2.45) is 0 Å². The predicted octanol–water partition coefficient (Wildman–Crippen LogP) is 1.71. The van der Waals surface area contributed by atoms with Crippen molar-refractivity contribution in [3.05, 3.63) is 34.8 Å². The van der Waals surface area contributed by atoms with Crippen molar-refractivity contribution in [2.45, 2.75) is 26.1 Å². The predicted molar refractivity (Wildman–Crippen MR) is 80.9 cm³/mol. The Hall–Kier alpha value is -1.95. The first-order valence-electron chi connectivity index (χ1n) is 7.12. The number of allylic oxidation sites excluding steroid dienone is 1. The first-order chi connectivity index (χ1) is 10.4. The van der Waals surface area contributed by atoms with E-state index in [0.29, 0.717) is 17.5 Å². The van der Waals surface area contributed by atoms with Crippen molar-refractivity contribution in [3.8, 4) is 0 Å². The van der Waals surface area contributed by atoms with Crippen LogP contribution < -0.4 is 20.7 Å². The first-order valence-corrected chi connectivity index (χ1v) is 7.12. The van der Waals surface area contributed by atoms with Crippen molar-refractivity contribution in [2.75, 3.05) is 23.4 Å². The van der Waals surface area contributed by atoms with Gasteiger partial charge in [-0.25, -0.2) is 0 Å². The molecule has 1 atom stereocenters. The maximum Gasteiger partial charge on any atom is 0.417 e. The molecule has 0 amide bonds. The lowest BCUT2D eigenvalue weighted by Crippen LogP contribution is -2.37. The molecule has 2 aliphatic heterocycles. The number of nitrogens with one attached hydrogen (secondary N) is 1. The summed E-state index contributed by atoms with van der Waals surface area (Å²) in [5.74, 6) is 0. The van der Waals surface area contributed by atoms with Crippen LogP contribution in [0.5, 0.6) is 0 Å². The zero-order valence-electron chi connectivity index (χ0n) is 12.3. The van der Waals surface area contributed by atoms with Crippen LogP contribution in [0.2, 0.25) is 0 Å². The normalized spacial score (nSPS) is 20.1. The Bertz CT molecular complexity index is 765. The minimum absolute atomic E-state index is 0.0333. The molecule has 1 aromatic rings. The minimum atomic E-state index is -4.41. The van der Waals surface area contributed by atoms with Gasteiger partial charge in [-0.15, -0.1) is 0 Å². The maximum atomic E-state index is 13.4. The van der Waals surface area contributed by atoms with E-state index >= 15 is 0 Å². The fraction of sp³-hybridized carbons (Fsp3) is 0.375. The average molecular weight is 310 g/mol. The van der Waals surface area contributed by atoms with E-state index in [1.807, 2.05) is 24.8 Å². The summed E-state index contributed by atoms with van der Waals surface area (Å²) in [6.07, 6.45) is -2.01. The van der Waals surface area contributed by atoms with Gasteiger partial charge in [0.05, 0.1) is 12.2 Å². The van der Waals surface area contributed by atoms with Gasteiger partial charge in [-0.05, 0) is 37.6 Å². The van der Waals surface area contributed by atoms with Crippen molar-refractivity contribution in [1.82, 2.24) is 0 Å². The van der Waals surface area contributed by atoms with E-state index in [1.165, 1.54) is 6.20 Å². The second kappa shape index (κ2) is 5.05. The number of aliphatic hydroxyl groups is 1. The van der Waals surface area contributed by atoms with Crippen LogP contribution in [0.25, 0.3) is 11.1 Å². The van der Waals surface area contributed by atoms with Gasteiger partial charge in [0, 0.05) is 40.6 Å².